The van der Waals surface area contributed by atoms with Crippen molar-refractivity contribution in [2.24, 2.45) is 0 Å². The Balaban J connectivity index is 1.87. The summed E-state index contributed by atoms with van der Waals surface area (Å²) in [4.78, 5) is 29.7. The van der Waals surface area contributed by atoms with Crippen LogP contribution in [0.2, 0.25) is 5.15 Å². The molecule has 0 saturated carbocycles. The van der Waals surface area contributed by atoms with Gasteiger partial charge in [-0.2, -0.15) is 0 Å². The lowest BCUT2D eigenvalue weighted by Crippen LogP contribution is -2.49. The molecule has 6 nitrogen and oxygen atoms in total. The molecule has 1 fully saturated rings. The largest absolute Gasteiger partial charge is 0.341 e. The van der Waals surface area contributed by atoms with E-state index >= 15 is 0 Å². The second-order valence-electron chi connectivity index (χ2n) is 5.05. The van der Waals surface area contributed by atoms with Gasteiger partial charge < -0.3 is 15.5 Å². The highest BCUT2D eigenvalue weighted by Gasteiger charge is 2.23. The van der Waals surface area contributed by atoms with Gasteiger partial charge in [0.1, 0.15) is 6.04 Å². The predicted octanol–water partition coefficient (Wildman–Crippen LogP) is 2.26. The Morgan fingerprint density at radius 1 is 1.33 bits per heavy atom. The van der Waals surface area contributed by atoms with Crippen molar-refractivity contribution in [1.82, 2.24) is 15.2 Å². The summed E-state index contributed by atoms with van der Waals surface area (Å²) in [5, 5.41) is 5.42. The fourth-order valence-electron chi connectivity index (χ4n) is 2.28. The zero-order valence-electron chi connectivity index (χ0n) is 11.9. The molecule has 0 unspecified atom stereocenters. The molecule has 1 aliphatic heterocycles. The van der Waals surface area contributed by atoms with Crippen LogP contribution in [0.5, 0.6) is 0 Å². The number of nitrogens with zero attached hydrogens (tertiary/aromatic N) is 2. The molecule has 0 radical (unpaired) electrons. The molecule has 0 aromatic carbocycles. The number of anilines is 1. The van der Waals surface area contributed by atoms with Gasteiger partial charge in [-0.25, -0.2) is 9.78 Å². The third kappa shape index (κ3) is 4.32. The minimum atomic E-state index is -0.571. The van der Waals surface area contributed by atoms with Gasteiger partial charge in [0.2, 0.25) is 5.91 Å². The van der Waals surface area contributed by atoms with E-state index in [0.717, 1.165) is 32.4 Å². The lowest BCUT2D eigenvalue weighted by Gasteiger charge is -2.29. The highest BCUT2D eigenvalue weighted by atomic mass is 35.5. The number of aromatic nitrogens is 1. The number of pyridine rings is 1. The topological polar surface area (TPSA) is 74.3 Å². The molecule has 21 heavy (non-hydrogen) atoms. The van der Waals surface area contributed by atoms with Crippen molar-refractivity contribution in [3.63, 3.8) is 0 Å². The quantitative estimate of drug-likeness (QED) is 0.841. The first-order valence-corrected chi connectivity index (χ1v) is 7.42. The molecule has 7 heteroatoms. The number of nitrogens with one attached hydrogen (secondary N) is 2. The molecule has 1 aliphatic rings. The van der Waals surface area contributed by atoms with Crippen molar-refractivity contribution in [2.45, 2.75) is 32.2 Å². The lowest BCUT2D eigenvalue weighted by molar-refractivity contribution is -0.133. The zero-order chi connectivity index (χ0) is 15.2. The number of urea groups is 1. The van der Waals surface area contributed by atoms with Crippen LogP contribution in [-0.2, 0) is 4.79 Å². The van der Waals surface area contributed by atoms with Crippen LogP contribution in [0.1, 0.15) is 26.2 Å². The summed E-state index contributed by atoms with van der Waals surface area (Å²) in [5.41, 5.74) is 0.411. The molecule has 0 aliphatic carbocycles. The number of rotatable bonds is 3. The maximum atomic E-state index is 12.2. The van der Waals surface area contributed by atoms with Crippen molar-refractivity contribution in [2.75, 3.05) is 18.4 Å². The Morgan fingerprint density at radius 3 is 2.71 bits per heavy atom. The number of amides is 3. The standard InChI is InChI=1S/C14H19ClN4O2/c1-10(13(20)19-8-3-2-4-9-19)17-14(21)18-11-6-5-7-16-12(11)15/h5-7,10H,2-4,8-9H2,1H3,(H2,17,18,21)/t10-/m0/s1. The molecule has 1 aromatic heterocycles. The van der Waals surface area contributed by atoms with Crippen molar-refractivity contribution in [1.29, 1.82) is 0 Å². The molecular weight excluding hydrogens is 292 g/mol. The Morgan fingerprint density at radius 2 is 2.05 bits per heavy atom. The van der Waals surface area contributed by atoms with Gasteiger partial charge in [0.05, 0.1) is 5.69 Å². The fourth-order valence-corrected chi connectivity index (χ4v) is 2.45. The first-order chi connectivity index (χ1) is 10.1. The van der Waals surface area contributed by atoms with Crippen LogP contribution >= 0.6 is 11.6 Å². The molecule has 3 amide bonds. The van der Waals surface area contributed by atoms with Gasteiger partial charge in [-0.15, -0.1) is 0 Å². The van der Waals surface area contributed by atoms with Crippen molar-refractivity contribution < 1.29 is 9.59 Å². The predicted molar refractivity (Wildman–Crippen MR) is 81.3 cm³/mol. The number of piperidine rings is 1. The number of halogens is 1. The summed E-state index contributed by atoms with van der Waals surface area (Å²) >= 11 is 5.86. The van der Waals surface area contributed by atoms with E-state index in [0.29, 0.717) is 5.69 Å². The average Bonchev–Trinajstić information content (AvgIpc) is 2.49. The number of likely N-dealkylation sites (tertiary alicyclic amines) is 1. The van der Waals surface area contributed by atoms with E-state index in [1.807, 2.05) is 0 Å². The summed E-state index contributed by atoms with van der Waals surface area (Å²) in [6.45, 7) is 3.21. The third-order valence-corrected chi connectivity index (χ3v) is 3.69. The van der Waals surface area contributed by atoms with Crippen LogP contribution in [0.25, 0.3) is 0 Å². The first-order valence-electron chi connectivity index (χ1n) is 7.05. The monoisotopic (exact) mass is 310 g/mol. The summed E-state index contributed by atoms with van der Waals surface area (Å²) in [6, 6.07) is 2.27. The third-order valence-electron chi connectivity index (χ3n) is 3.39. The molecule has 114 valence electrons. The minimum absolute atomic E-state index is 0.0536. The van der Waals surface area contributed by atoms with Gasteiger partial charge in [0.25, 0.3) is 0 Å². The second kappa shape index (κ2) is 7.26. The Hall–Kier alpha value is -1.82. The van der Waals surface area contributed by atoms with Crippen LogP contribution in [-0.4, -0.2) is 41.0 Å². The highest BCUT2D eigenvalue weighted by Crippen LogP contribution is 2.17. The summed E-state index contributed by atoms with van der Waals surface area (Å²) in [7, 11) is 0. The maximum Gasteiger partial charge on any atom is 0.319 e. The van der Waals surface area contributed by atoms with Gasteiger partial charge in [0, 0.05) is 19.3 Å². The van der Waals surface area contributed by atoms with Crippen molar-refractivity contribution in [3.05, 3.63) is 23.5 Å². The summed E-state index contributed by atoms with van der Waals surface area (Å²) in [6.07, 6.45) is 4.74. The van der Waals surface area contributed by atoms with Gasteiger partial charge in [-0.05, 0) is 38.3 Å². The second-order valence-corrected chi connectivity index (χ2v) is 5.41. The van der Waals surface area contributed by atoms with Crippen LogP contribution < -0.4 is 10.6 Å². The molecule has 0 bridgehead atoms. The lowest BCUT2D eigenvalue weighted by atomic mass is 10.1. The smallest absolute Gasteiger partial charge is 0.319 e. The molecule has 2 rings (SSSR count). The average molecular weight is 311 g/mol. The number of hydrogen-bond acceptors (Lipinski definition) is 3. The molecule has 1 atom stereocenters. The Kier molecular flexibility index (Phi) is 5.38. The van der Waals surface area contributed by atoms with Crippen LogP contribution in [0.3, 0.4) is 0 Å². The molecule has 1 saturated heterocycles. The fraction of sp³-hybridized carbons (Fsp3) is 0.500. The summed E-state index contributed by atoms with van der Waals surface area (Å²) in [5.74, 6) is -0.0536. The number of carbonyl (C=O) groups is 2. The van der Waals surface area contributed by atoms with Gasteiger partial charge in [0.15, 0.2) is 5.15 Å². The van der Waals surface area contributed by atoms with Crippen molar-refractivity contribution >= 4 is 29.2 Å². The van der Waals surface area contributed by atoms with Crippen LogP contribution in [0, 0.1) is 0 Å². The van der Waals surface area contributed by atoms with Crippen LogP contribution in [0.4, 0.5) is 10.5 Å². The van der Waals surface area contributed by atoms with Gasteiger partial charge in [-0.1, -0.05) is 11.6 Å². The maximum absolute atomic E-state index is 12.2. The van der Waals surface area contributed by atoms with E-state index < -0.39 is 12.1 Å². The molecule has 2 N–H and O–H groups in total. The SMILES string of the molecule is C[C@H](NC(=O)Nc1cccnc1Cl)C(=O)N1CCCCC1. The van der Waals surface area contributed by atoms with Gasteiger partial charge in [-0.3, -0.25) is 4.79 Å². The number of hydrogen-bond donors (Lipinski definition) is 2. The molecular formula is C14H19ClN4O2. The van der Waals surface area contributed by atoms with E-state index in [-0.39, 0.29) is 11.1 Å². The Labute approximate surface area is 128 Å². The first kappa shape index (κ1) is 15.6. The van der Waals surface area contributed by atoms with E-state index in [4.69, 9.17) is 11.6 Å². The van der Waals surface area contributed by atoms with Crippen molar-refractivity contribution in [3.8, 4) is 0 Å². The van der Waals surface area contributed by atoms with E-state index in [1.165, 1.54) is 6.20 Å². The molecule has 1 aromatic rings. The molecule has 0 spiro atoms. The van der Waals surface area contributed by atoms with Gasteiger partial charge >= 0.3 is 6.03 Å². The van der Waals surface area contributed by atoms with E-state index in [2.05, 4.69) is 15.6 Å². The Bertz CT molecular complexity index is 517. The summed E-state index contributed by atoms with van der Waals surface area (Å²) < 4.78 is 0. The highest BCUT2D eigenvalue weighted by molar-refractivity contribution is 6.32. The minimum Gasteiger partial charge on any atom is -0.341 e. The van der Waals surface area contributed by atoms with E-state index in [1.54, 1.807) is 24.0 Å². The normalized spacial score (nSPS) is 16.2. The molecule has 2 heterocycles. The zero-order valence-corrected chi connectivity index (χ0v) is 12.7. The van der Waals surface area contributed by atoms with Crippen LogP contribution in [0.15, 0.2) is 18.3 Å². The van der Waals surface area contributed by atoms with E-state index in [9.17, 15) is 9.59 Å². The number of carbonyl (C=O) groups excluding carboxylic acids is 2.